The fourth-order valence-electron chi connectivity index (χ4n) is 2.90. The first-order valence-corrected chi connectivity index (χ1v) is 7.95. The van der Waals surface area contributed by atoms with Crippen molar-refractivity contribution in [3.05, 3.63) is 28.2 Å². The molecular weight excluding hydrogens is 320 g/mol. The molecule has 2 aliphatic rings. The molecule has 2 aromatic heterocycles. The molecule has 1 fully saturated rings. The normalized spacial score (nSPS) is 18.8. The molecule has 4 rings (SSSR count). The molecule has 9 heteroatoms. The minimum Gasteiger partial charge on any atom is -0.386 e. The van der Waals surface area contributed by atoms with Gasteiger partial charge in [0, 0.05) is 6.54 Å². The number of carbonyl (C=O) groups excluding carboxylic acids is 1. The molecule has 0 spiro atoms. The Kier molecular flexibility index (Phi) is 3.31. The molecule has 1 amide bonds. The van der Waals surface area contributed by atoms with Crippen LogP contribution in [0.2, 0.25) is 5.02 Å². The van der Waals surface area contributed by atoms with E-state index in [2.05, 4.69) is 15.3 Å². The van der Waals surface area contributed by atoms with Gasteiger partial charge in [0.1, 0.15) is 16.8 Å². The lowest BCUT2D eigenvalue weighted by atomic mass is 10.1. The van der Waals surface area contributed by atoms with E-state index in [9.17, 15) is 9.90 Å². The predicted molar refractivity (Wildman–Crippen MR) is 82.7 cm³/mol. The molecule has 1 saturated carbocycles. The number of aliphatic hydroxyl groups is 1. The number of nitrogen functional groups attached to an aromatic ring is 1. The number of H-pyrrole nitrogens is 1. The summed E-state index contributed by atoms with van der Waals surface area (Å²) in [5.41, 5.74) is 7.37. The summed E-state index contributed by atoms with van der Waals surface area (Å²) in [7, 11) is 0. The van der Waals surface area contributed by atoms with Crippen LogP contribution in [0.1, 0.15) is 40.8 Å². The van der Waals surface area contributed by atoms with Crippen LogP contribution in [0.3, 0.4) is 0 Å². The first-order valence-electron chi connectivity index (χ1n) is 7.58. The summed E-state index contributed by atoms with van der Waals surface area (Å²) >= 11 is 5.99. The molecule has 0 unspecified atom stereocenters. The Morgan fingerprint density at radius 3 is 2.91 bits per heavy atom. The molecule has 1 aliphatic carbocycles. The summed E-state index contributed by atoms with van der Waals surface area (Å²) < 4.78 is 1.85. The highest BCUT2D eigenvalue weighted by atomic mass is 35.5. The van der Waals surface area contributed by atoms with Crippen LogP contribution in [0.5, 0.6) is 0 Å². The summed E-state index contributed by atoms with van der Waals surface area (Å²) in [6, 6.07) is 1.88. The number of hydrogen-bond acceptors (Lipinski definition) is 5. The fourth-order valence-corrected chi connectivity index (χ4v) is 3.07. The molecule has 1 atom stereocenters. The number of halogens is 1. The smallest absolute Gasteiger partial charge is 0.273 e. The Hall–Kier alpha value is -2.06. The number of hydrogen-bond donors (Lipinski definition) is 3. The second-order valence-electron chi connectivity index (χ2n) is 6.09. The number of rotatable bonds is 3. The molecule has 1 aliphatic heterocycles. The maximum Gasteiger partial charge on any atom is 0.273 e. The van der Waals surface area contributed by atoms with Gasteiger partial charge in [-0.05, 0) is 24.8 Å². The van der Waals surface area contributed by atoms with Gasteiger partial charge in [-0.15, -0.1) is 0 Å². The standard InChI is InChI=1S/C14H17ClN6O2/c15-10-11(17-18-13(10)16)14(23)20-3-4-21-8(6-20)5-9(19-21)12(22)7-1-2-7/h5,7,12,22H,1-4,6H2,(H3,16,17,18)/t12-/m1/s1. The Morgan fingerprint density at radius 2 is 2.26 bits per heavy atom. The minimum atomic E-state index is -0.501. The zero-order chi connectivity index (χ0) is 16.1. The summed E-state index contributed by atoms with van der Waals surface area (Å²) in [4.78, 5) is 14.2. The Morgan fingerprint density at radius 1 is 1.48 bits per heavy atom. The van der Waals surface area contributed by atoms with Crippen LogP contribution in [0.15, 0.2) is 6.07 Å². The highest BCUT2D eigenvalue weighted by Crippen LogP contribution is 2.40. The average Bonchev–Trinajstić information content (AvgIpc) is 3.23. The lowest BCUT2D eigenvalue weighted by Gasteiger charge is -2.27. The van der Waals surface area contributed by atoms with Crippen LogP contribution in [0.4, 0.5) is 5.82 Å². The van der Waals surface area contributed by atoms with E-state index in [1.807, 2.05) is 10.7 Å². The van der Waals surface area contributed by atoms with E-state index in [1.54, 1.807) is 4.90 Å². The molecule has 2 aromatic rings. The number of carbonyl (C=O) groups is 1. The van der Waals surface area contributed by atoms with Crippen molar-refractivity contribution in [1.29, 1.82) is 0 Å². The van der Waals surface area contributed by atoms with Gasteiger partial charge in [0.05, 0.1) is 24.5 Å². The molecule has 3 heterocycles. The molecule has 23 heavy (non-hydrogen) atoms. The third-order valence-electron chi connectivity index (χ3n) is 4.42. The van der Waals surface area contributed by atoms with Gasteiger partial charge in [-0.2, -0.15) is 10.2 Å². The number of aromatic amines is 1. The second kappa shape index (κ2) is 5.24. The van der Waals surface area contributed by atoms with Gasteiger partial charge in [0.2, 0.25) is 0 Å². The number of nitrogens with zero attached hydrogens (tertiary/aromatic N) is 4. The van der Waals surface area contributed by atoms with Gasteiger partial charge in [0.15, 0.2) is 5.82 Å². The van der Waals surface area contributed by atoms with Gasteiger partial charge >= 0.3 is 0 Å². The Labute approximate surface area is 137 Å². The number of fused-ring (bicyclic) bond motifs is 1. The summed E-state index contributed by atoms with van der Waals surface area (Å²) in [6.07, 6.45) is 1.60. The van der Waals surface area contributed by atoms with Gasteiger partial charge in [-0.3, -0.25) is 14.6 Å². The zero-order valence-electron chi connectivity index (χ0n) is 12.4. The largest absolute Gasteiger partial charge is 0.386 e. The molecule has 8 nitrogen and oxygen atoms in total. The maximum atomic E-state index is 12.5. The number of nitrogens with one attached hydrogen (secondary N) is 1. The predicted octanol–water partition coefficient (Wildman–Crippen LogP) is 0.941. The van der Waals surface area contributed by atoms with Crippen molar-refractivity contribution in [2.45, 2.75) is 32.0 Å². The highest BCUT2D eigenvalue weighted by Gasteiger charge is 2.34. The van der Waals surface area contributed by atoms with Crippen molar-refractivity contribution in [3.8, 4) is 0 Å². The lowest BCUT2D eigenvalue weighted by molar-refractivity contribution is 0.0699. The van der Waals surface area contributed by atoms with E-state index >= 15 is 0 Å². The van der Waals surface area contributed by atoms with E-state index in [4.69, 9.17) is 17.3 Å². The van der Waals surface area contributed by atoms with E-state index < -0.39 is 6.10 Å². The van der Waals surface area contributed by atoms with E-state index in [1.165, 1.54) is 0 Å². The topological polar surface area (TPSA) is 113 Å². The number of anilines is 1. The minimum absolute atomic E-state index is 0.118. The number of amides is 1. The van der Waals surface area contributed by atoms with Crippen LogP contribution in [0, 0.1) is 5.92 Å². The van der Waals surface area contributed by atoms with Crippen LogP contribution < -0.4 is 5.73 Å². The SMILES string of the molecule is Nc1n[nH]c(C(=O)N2CCn3nc([C@H](O)C4CC4)cc3C2)c1Cl. The number of nitrogens with two attached hydrogens (primary N) is 1. The van der Waals surface area contributed by atoms with Crippen LogP contribution >= 0.6 is 11.6 Å². The number of aliphatic hydroxyl groups excluding tert-OH is 1. The molecule has 0 radical (unpaired) electrons. The third-order valence-corrected chi connectivity index (χ3v) is 4.80. The third kappa shape index (κ3) is 2.47. The zero-order valence-corrected chi connectivity index (χ0v) is 13.1. The quantitative estimate of drug-likeness (QED) is 0.772. The van der Waals surface area contributed by atoms with Crippen molar-refractivity contribution in [1.82, 2.24) is 24.9 Å². The second-order valence-corrected chi connectivity index (χ2v) is 6.47. The van der Waals surface area contributed by atoms with Crippen molar-refractivity contribution in [2.75, 3.05) is 12.3 Å². The lowest BCUT2D eigenvalue weighted by Crippen LogP contribution is -2.38. The van der Waals surface area contributed by atoms with Gasteiger partial charge < -0.3 is 15.7 Å². The fraction of sp³-hybridized carbons (Fsp3) is 0.500. The highest BCUT2D eigenvalue weighted by molar-refractivity contribution is 6.35. The van der Waals surface area contributed by atoms with E-state index in [0.29, 0.717) is 31.2 Å². The van der Waals surface area contributed by atoms with Crippen molar-refractivity contribution < 1.29 is 9.90 Å². The summed E-state index contributed by atoms with van der Waals surface area (Å²) in [5, 5.41) is 21.1. The van der Waals surface area contributed by atoms with Crippen molar-refractivity contribution >= 4 is 23.3 Å². The van der Waals surface area contributed by atoms with Crippen LogP contribution in [0.25, 0.3) is 0 Å². The summed E-state index contributed by atoms with van der Waals surface area (Å²) in [6.45, 7) is 1.51. The molecule has 0 bridgehead atoms. The van der Waals surface area contributed by atoms with Crippen molar-refractivity contribution in [2.24, 2.45) is 5.92 Å². The monoisotopic (exact) mass is 336 g/mol. The first-order chi connectivity index (χ1) is 11.0. The number of aromatic nitrogens is 4. The molecule has 0 aromatic carbocycles. The Bertz CT molecular complexity index is 765. The maximum absolute atomic E-state index is 12.5. The van der Waals surface area contributed by atoms with Crippen LogP contribution in [-0.4, -0.2) is 42.4 Å². The molecular formula is C14H17ClN6O2. The average molecular weight is 337 g/mol. The van der Waals surface area contributed by atoms with Crippen molar-refractivity contribution in [3.63, 3.8) is 0 Å². The van der Waals surface area contributed by atoms with E-state index in [0.717, 1.165) is 18.5 Å². The van der Waals surface area contributed by atoms with E-state index in [-0.39, 0.29) is 22.4 Å². The van der Waals surface area contributed by atoms with Gasteiger partial charge in [-0.1, -0.05) is 11.6 Å². The Balaban J connectivity index is 1.54. The molecule has 4 N–H and O–H groups in total. The van der Waals surface area contributed by atoms with Crippen LogP contribution in [-0.2, 0) is 13.1 Å². The first kappa shape index (κ1) is 14.5. The van der Waals surface area contributed by atoms with Gasteiger partial charge in [0.25, 0.3) is 5.91 Å². The summed E-state index contributed by atoms with van der Waals surface area (Å²) in [5.74, 6) is 0.208. The molecule has 0 saturated heterocycles. The molecule has 122 valence electrons. The van der Waals surface area contributed by atoms with Gasteiger partial charge in [-0.25, -0.2) is 0 Å².